The number of benzene rings is 3. The average molecular weight is 512 g/mol. The molecule has 1 N–H and O–H groups in total. The Labute approximate surface area is 215 Å². The number of carbonyl (C=O) groups excluding carboxylic acids is 1. The first-order valence-corrected chi connectivity index (χ1v) is 12.1. The largest absolute Gasteiger partial charge is 0.497 e. The van der Waals surface area contributed by atoms with E-state index in [1.165, 1.54) is 23.1 Å². The van der Waals surface area contributed by atoms with E-state index in [-0.39, 0.29) is 5.69 Å². The zero-order chi connectivity index (χ0) is 25.8. The number of nitrogens with zero attached hydrogens (tertiary/aromatic N) is 4. The van der Waals surface area contributed by atoms with Crippen molar-refractivity contribution in [3.8, 4) is 33.4 Å². The van der Waals surface area contributed by atoms with E-state index in [4.69, 9.17) is 9.47 Å². The summed E-state index contributed by atoms with van der Waals surface area (Å²) in [6, 6.07) is 23.4. The lowest BCUT2D eigenvalue weighted by Gasteiger charge is -2.01. The van der Waals surface area contributed by atoms with Crippen LogP contribution in [0.4, 0.5) is 11.4 Å². The topological polar surface area (TPSA) is 111 Å². The molecule has 0 aliphatic carbocycles. The van der Waals surface area contributed by atoms with E-state index >= 15 is 0 Å². The number of rotatable bonds is 7. The third kappa shape index (κ3) is 4.95. The fourth-order valence-corrected chi connectivity index (χ4v) is 4.46. The van der Waals surface area contributed by atoms with Crippen molar-refractivity contribution in [2.75, 3.05) is 14.2 Å². The minimum atomic E-state index is -0.485. The summed E-state index contributed by atoms with van der Waals surface area (Å²) < 4.78 is 11.4. The molecular weight excluding hydrogens is 490 g/mol. The van der Waals surface area contributed by atoms with Crippen LogP contribution in [0.5, 0.6) is 5.75 Å². The van der Waals surface area contributed by atoms with Crippen molar-refractivity contribution in [2.45, 2.75) is 0 Å². The van der Waals surface area contributed by atoms with E-state index in [9.17, 15) is 9.59 Å². The molecule has 0 saturated heterocycles. The zero-order valence-electron chi connectivity index (χ0n) is 19.9. The van der Waals surface area contributed by atoms with Gasteiger partial charge in [-0.15, -0.1) is 16.5 Å². The Balaban J connectivity index is 1.57. The quantitative estimate of drug-likeness (QED) is 0.208. The van der Waals surface area contributed by atoms with E-state index in [1.807, 2.05) is 60.0 Å². The Morgan fingerprint density at radius 1 is 0.946 bits per heavy atom. The normalized spacial score (nSPS) is 11.1. The molecule has 3 aromatic carbocycles. The Bertz CT molecular complexity index is 1650. The maximum atomic E-state index is 13.5. The number of H-pyrrole nitrogens is 1. The van der Waals surface area contributed by atoms with Crippen LogP contribution in [0.1, 0.15) is 10.4 Å². The molecule has 0 unspecified atom stereocenters. The van der Waals surface area contributed by atoms with Gasteiger partial charge < -0.3 is 9.47 Å². The highest BCUT2D eigenvalue weighted by Gasteiger charge is 2.19. The summed E-state index contributed by atoms with van der Waals surface area (Å²) in [5.74, 6) is 0.232. The van der Waals surface area contributed by atoms with E-state index in [1.54, 1.807) is 31.4 Å². The first-order chi connectivity index (χ1) is 18.1. The van der Waals surface area contributed by atoms with Gasteiger partial charge >= 0.3 is 11.5 Å². The summed E-state index contributed by atoms with van der Waals surface area (Å²) >= 11 is 1.32. The standard InChI is InChI=1S/C27H21N5O4S/c1-35-21-13-7-10-18(15-21)22-16-37-27(28-22)32-25(33)24(23(31-32)17-8-4-3-5-9-17)30-29-20-12-6-11-19(14-20)26(34)36-2/h3-16,31H,1-2H3. The highest BCUT2D eigenvalue weighted by molar-refractivity contribution is 7.12. The molecule has 2 heterocycles. The summed E-state index contributed by atoms with van der Waals surface area (Å²) in [4.78, 5) is 30.0. The minimum Gasteiger partial charge on any atom is -0.497 e. The summed E-state index contributed by atoms with van der Waals surface area (Å²) in [6.45, 7) is 0. The predicted molar refractivity (Wildman–Crippen MR) is 141 cm³/mol. The van der Waals surface area contributed by atoms with Crippen LogP contribution < -0.4 is 10.3 Å². The smallest absolute Gasteiger partial charge is 0.337 e. The lowest BCUT2D eigenvalue weighted by atomic mass is 10.1. The molecule has 5 aromatic rings. The predicted octanol–water partition coefficient (Wildman–Crippen LogP) is 6.17. The second kappa shape index (κ2) is 10.4. The second-order valence-electron chi connectivity index (χ2n) is 7.83. The van der Waals surface area contributed by atoms with Crippen molar-refractivity contribution in [1.82, 2.24) is 14.8 Å². The highest BCUT2D eigenvalue weighted by Crippen LogP contribution is 2.30. The number of methoxy groups -OCH3 is 2. The lowest BCUT2D eigenvalue weighted by Crippen LogP contribution is -2.13. The maximum absolute atomic E-state index is 13.5. The van der Waals surface area contributed by atoms with Gasteiger partial charge in [-0.2, -0.15) is 9.80 Å². The Morgan fingerprint density at radius 3 is 2.51 bits per heavy atom. The van der Waals surface area contributed by atoms with Crippen molar-refractivity contribution in [2.24, 2.45) is 10.2 Å². The molecule has 0 atom stereocenters. The molecule has 2 aromatic heterocycles. The van der Waals surface area contributed by atoms with Gasteiger partial charge in [-0.05, 0) is 30.3 Å². The molecule has 184 valence electrons. The van der Waals surface area contributed by atoms with Crippen molar-refractivity contribution >= 4 is 28.7 Å². The van der Waals surface area contributed by atoms with Crippen LogP contribution in [0, 0.1) is 0 Å². The average Bonchev–Trinajstić information content (AvgIpc) is 3.57. The van der Waals surface area contributed by atoms with Crippen LogP contribution >= 0.6 is 11.3 Å². The fourth-order valence-electron chi connectivity index (χ4n) is 3.66. The number of hydrogen-bond acceptors (Lipinski definition) is 8. The number of carbonyl (C=O) groups is 1. The van der Waals surface area contributed by atoms with E-state index in [0.29, 0.717) is 27.8 Å². The number of hydrogen-bond donors (Lipinski definition) is 1. The van der Waals surface area contributed by atoms with Gasteiger partial charge in [0.15, 0.2) is 5.69 Å². The third-order valence-electron chi connectivity index (χ3n) is 5.51. The first kappa shape index (κ1) is 23.9. The van der Waals surface area contributed by atoms with Gasteiger partial charge in [0.2, 0.25) is 5.13 Å². The van der Waals surface area contributed by atoms with Crippen molar-refractivity contribution in [3.05, 3.63) is 100 Å². The van der Waals surface area contributed by atoms with Gasteiger partial charge in [0.1, 0.15) is 5.75 Å². The second-order valence-corrected chi connectivity index (χ2v) is 8.67. The molecule has 0 aliphatic heterocycles. The van der Waals surface area contributed by atoms with Crippen LogP contribution in [0.2, 0.25) is 0 Å². The van der Waals surface area contributed by atoms with Crippen LogP contribution in [-0.4, -0.2) is 35.0 Å². The number of nitrogens with one attached hydrogen (secondary N) is 1. The lowest BCUT2D eigenvalue weighted by molar-refractivity contribution is 0.0600. The number of ether oxygens (including phenoxy) is 2. The molecule has 0 amide bonds. The van der Waals surface area contributed by atoms with Gasteiger partial charge in [0.05, 0.1) is 36.9 Å². The Morgan fingerprint density at radius 2 is 1.73 bits per heavy atom. The molecule has 5 rings (SSSR count). The molecule has 0 bridgehead atoms. The van der Waals surface area contributed by atoms with Crippen LogP contribution in [0.3, 0.4) is 0 Å². The number of esters is 1. The van der Waals surface area contributed by atoms with Crippen LogP contribution in [0.15, 0.2) is 99.3 Å². The molecule has 0 spiro atoms. The van der Waals surface area contributed by atoms with E-state index < -0.39 is 11.5 Å². The fraction of sp³-hybridized carbons (Fsp3) is 0.0741. The monoisotopic (exact) mass is 511 g/mol. The summed E-state index contributed by atoms with van der Waals surface area (Å²) in [6.07, 6.45) is 0. The van der Waals surface area contributed by atoms with E-state index in [0.717, 1.165) is 16.9 Å². The van der Waals surface area contributed by atoms with Crippen molar-refractivity contribution in [3.63, 3.8) is 0 Å². The molecule has 9 nitrogen and oxygen atoms in total. The van der Waals surface area contributed by atoms with Gasteiger partial charge in [-0.1, -0.05) is 48.5 Å². The van der Waals surface area contributed by atoms with Crippen molar-refractivity contribution in [1.29, 1.82) is 0 Å². The molecule has 0 fully saturated rings. The summed E-state index contributed by atoms with van der Waals surface area (Å²) in [5, 5.41) is 14.0. The number of thiazole rings is 1. The molecule has 0 saturated carbocycles. The highest BCUT2D eigenvalue weighted by atomic mass is 32.1. The van der Waals surface area contributed by atoms with Crippen LogP contribution in [0.25, 0.3) is 27.6 Å². The molecule has 10 heteroatoms. The SMILES string of the molecule is COC(=O)c1cccc(N=Nc2c(-c3ccccc3)[nH]n(-c3nc(-c4cccc(OC)c4)cs3)c2=O)c1. The van der Waals surface area contributed by atoms with Crippen LogP contribution in [-0.2, 0) is 4.74 Å². The van der Waals surface area contributed by atoms with Gasteiger partial charge in [0, 0.05) is 16.5 Å². The van der Waals surface area contributed by atoms with Gasteiger partial charge in [-0.3, -0.25) is 9.89 Å². The molecule has 0 radical (unpaired) electrons. The molecule has 0 aliphatic rings. The van der Waals surface area contributed by atoms with E-state index in [2.05, 4.69) is 20.3 Å². The molecule has 37 heavy (non-hydrogen) atoms. The number of aromatic nitrogens is 3. The molecular formula is C27H21N5O4S. The summed E-state index contributed by atoms with van der Waals surface area (Å²) in [7, 11) is 2.92. The Hall–Kier alpha value is -4.83. The third-order valence-corrected chi connectivity index (χ3v) is 6.34. The maximum Gasteiger partial charge on any atom is 0.337 e. The summed E-state index contributed by atoms with van der Waals surface area (Å²) in [5.41, 5.74) is 3.30. The minimum absolute atomic E-state index is 0.118. The number of azo groups is 1. The Kier molecular flexibility index (Phi) is 6.73. The van der Waals surface area contributed by atoms with Crippen molar-refractivity contribution < 1.29 is 14.3 Å². The number of aromatic amines is 1. The van der Waals surface area contributed by atoms with Gasteiger partial charge in [0.25, 0.3) is 0 Å². The first-order valence-electron chi connectivity index (χ1n) is 11.2. The zero-order valence-corrected chi connectivity index (χ0v) is 20.7. The van der Waals surface area contributed by atoms with Gasteiger partial charge in [-0.25, -0.2) is 9.78 Å².